The summed E-state index contributed by atoms with van der Waals surface area (Å²) in [6.07, 6.45) is 3.35. The molecule has 2 aliphatic heterocycles. The lowest BCUT2D eigenvalue weighted by Gasteiger charge is -2.32. The van der Waals surface area contributed by atoms with E-state index in [4.69, 9.17) is 11.6 Å². The normalized spacial score (nSPS) is 23.6. The lowest BCUT2D eigenvalue weighted by Crippen LogP contribution is -2.44. The van der Waals surface area contributed by atoms with Crippen molar-refractivity contribution in [1.82, 2.24) is 9.21 Å². The minimum atomic E-state index is -3.16. The quantitative estimate of drug-likeness (QED) is 0.759. The minimum absolute atomic E-state index is 0.0603. The van der Waals surface area contributed by atoms with Crippen molar-refractivity contribution in [2.45, 2.75) is 24.5 Å². The summed E-state index contributed by atoms with van der Waals surface area (Å²) in [5, 5.41) is 1.10. The maximum absolute atomic E-state index is 12.9. The van der Waals surface area contributed by atoms with Crippen molar-refractivity contribution in [1.29, 1.82) is 0 Å². The summed E-state index contributed by atoms with van der Waals surface area (Å²) in [4.78, 5) is 14.9. The molecule has 2 fully saturated rings. The highest BCUT2D eigenvalue weighted by Crippen LogP contribution is 2.38. The van der Waals surface area contributed by atoms with Crippen LogP contribution in [0.4, 0.5) is 0 Å². The number of sulfonamides is 1. The van der Waals surface area contributed by atoms with Crippen molar-refractivity contribution < 1.29 is 13.2 Å². The summed E-state index contributed by atoms with van der Waals surface area (Å²) in [6, 6.07) is 7.93. The van der Waals surface area contributed by atoms with Gasteiger partial charge in [-0.15, -0.1) is 0 Å². The van der Waals surface area contributed by atoms with Gasteiger partial charge in [-0.1, -0.05) is 29.8 Å². The van der Waals surface area contributed by atoms with Crippen LogP contribution >= 0.6 is 23.4 Å². The van der Waals surface area contributed by atoms with Crippen LogP contribution in [0.25, 0.3) is 0 Å². The molecule has 5 nitrogen and oxygen atoms in total. The summed E-state index contributed by atoms with van der Waals surface area (Å²) < 4.78 is 24.7. The molecule has 3 rings (SSSR count). The van der Waals surface area contributed by atoms with E-state index >= 15 is 0 Å². The van der Waals surface area contributed by atoms with Crippen molar-refractivity contribution in [2.75, 3.05) is 38.2 Å². The molecule has 26 heavy (non-hydrogen) atoms. The third-order valence-electron chi connectivity index (χ3n) is 5.18. The van der Waals surface area contributed by atoms with Gasteiger partial charge in [0.1, 0.15) is 0 Å². The number of carbonyl (C=O) groups is 1. The average Bonchev–Trinajstić information content (AvgIpc) is 2.87. The minimum Gasteiger partial charge on any atom is -0.342 e. The van der Waals surface area contributed by atoms with Crippen LogP contribution in [0.2, 0.25) is 5.02 Å². The Hall–Kier alpha value is -0.760. The van der Waals surface area contributed by atoms with Gasteiger partial charge in [-0.3, -0.25) is 4.79 Å². The molecule has 0 aromatic heterocycles. The largest absolute Gasteiger partial charge is 0.342 e. The molecule has 1 atom stereocenters. The van der Waals surface area contributed by atoms with Gasteiger partial charge in [0.2, 0.25) is 15.9 Å². The Morgan fingerprint density at radius 1 is 1.12 bits per heavy atom. The number of rotatable bonds is 3. The van der Waals surface area contributed by atoms with Gasteiger partial charge < -0.3 is 4.90 Å². The highest BCUT2D eigenvalue weighted by Gasteiger charge is 2.32. The zero-order valence-corrected chi connectivity index (χ0v) is 17.3. The van der Waals surface area contributed by atoms with Gasteiger partial charge in [0.15, 0.2) is 0 Å². The van der Waals surface area contributed by atoms with E-state index in [1.165, 1.54) is 10.6 Å². The molecule has 0 N–H and O–H groups in total. The number of hydrogen-bond donors (Lipinski definition) is 0. The SMILES string of the molecule is CS(=O)(=O)N1CCC(C(=O)N2CCSC(c3ccccc3Cl)CC2)CC1. The molecule has 0 spiro atoms. The molecule has 8 heteroatoms. The van der Waals surface area contributed by atoms with Crippen LogP contribution < -0.4 is 0 Å². The Morgan fingerprint density at radius 3 is 2.46 bits per heavy atom. The molecule has 1 amide bonds. The number of hydrogen-bond acceptors (Lipinski definition) is 4. The molecule has 0 radical (unpaired) electrons. The average molecular weight is 417 g/mol. The summed E-state index contributed by atoms with van der Waals surface area (Å²) >= 11 is 8.19. The van der Waals surface area contributed by atoms with Crippen molar-refractivity contribution in [3.05, 3.63) is 34.9 Å². The molecular formula is C18H25ClN2O3S2. The van der Waals surface area contributed by atoms with E-state index in [9.17, 15) is 13.2 Å². The van der Waals surface area contributed by atoms with Gasteiger partial charge in [0.05, 0.1) is 6.26 Å². The molecule has 0 aliphatic carbocycles. The van der Waals surface area contributed by atoms with Crippen LogP contribution in [0.1, 0.15) is 30.1 Å². The number of nitrogens with zero attached hydrogens (tertiary/aromatic N) is 2. The fourth-order valence-corrected chi connectivity index (χ4v) is 6.14. The van der Waals surface area contributed by atoms with Crippen LogP contribution in [-0.4, -0.2) is 61.7 Å². The second-order valence-corrected chi connectivity index (χ2v) is 10.6. The van der Waals surface area contributed by atoms with Gasteiger partial charge >= 0.3 is 0 Å². The van der Waals surface area contributed by atoms with Crippen LogP contribution in [-0.2, 0) is 14.8 Å². The summed E-state index contributed by atoms with van der Waals surface area (Å²) in [7, 11) is -3.16. The Balaban J connectivity index is 1.58. The van der Waals surface area contributed by atoms with Gasteiger partial charge in [0, 0.05) is 48.1 Å². The molecule has 0 saturated carbocycles. The first-order valence-corrected chi connectivity index (χ1v) is 12.2. The van der Waals surface area contributed by atoms with Crippen molar-refractivity contribution in [3.8, 4) is 0 Å². The van der Waals surface area contributed by atoms with Crippen LogP contribution in [0.15, 0.2) is 24.3 Å². The number of piperidine rings is 1. The first kappa shape index (κ1) is 20.0. The van der Waals surface area contributed by atoms with E-state index in [1.807, 2.05) is 34.9 Å². The van der Waals surface area contributed by atoms with Crippen LogP contribution in [0.5, 0.6) is 0 Å². The lowest BCUT2D eigenvalue weighted by atomic mass is 9.96. The molecule has 1 aromatic carbocycles. The maximum atomic E-state index is 12.9. The number of thioether (sulfide) groups is 1. The van der Waals surface area contributed by atoms with E-state index in [2.05, 4.69) is 6.07 Å². The third-order valence-corrected chi connectivity index (χ3v) is 8.14. The molecule has 1 aromatic rings. The molecule has 2 heterocycles. The van der Waals surface area contributed by atoms with Crippen LogP contribution in [0, 0.1) is 5.92 Å². The predicted octanol–water partition coefficient (Wildman–Crippen LogP) is 3.02. The van der Waals surface area contributed by atoms with Crippen LogP contribution in [0.3, 0.4) is 0 Å². The predicted molar refractivity (Wildman–Crippen MR) is 107 cm³/mol. The Bertz CT molecular complexity index is 749. The summed E-state index contributed by atoms with van der Waals surface area (Å²) in [6.45, 7) is 2.37. The first-order chi connectivity index (χ1) is 12.4. The second-order valence-electron chi connectivity index (χ2n) is 6.93. The second kappa shape index (κ2) is 8.50. The van der Waals surface area contributed by atoms with Crippen molar-refractivity contribution in [2.24, 2.45) is 5.92 Å². The molecular weight excluding hydrogens is 392 g/mol. The van der Waals surface area contributed by atoms with Gasteiger partial charge in [0.25, 0.3) is 0 Å². The first-order valence-electron chi connectivity index (χ1n) is 8.96. The maximum Gasteiger partial charge on any atom is 0.225 e. The van der Waals surface area contributed by atoms with Gasteiger partial charge in [-0.25, -0.2) is 12.7 Å². The zero-order valence-electron chi connectivity index (χ0n) is 14.9. The molecule has 1 unspecified atom stereocenters. The fourth-order valence-electron chi connectivity index (χ4n) is 3.67. The number of carbonyl (C=O) groups excluding carboxylic acids is 1. The Morgan fingerprint density at radius 2 is 1.81 bits per heavy atom. The molecule has 2 saturated heterocycles. The number of benzene rings is 1. The summed E-state index contributed by atoms with van der Waals surface area (Å²) in [5.74, 6) is 1.01. The number of amides is 1. The van der Waals surface area contributed by atoms with E-state index < -0.39 is 10.0 Å². The third kappa shape index (κ3) is 4.74. The highest BCUT2D eigenvalue weighted by molar-refractivity contribution is 7.99. The standard InChI is InChI=1S/C18H25ClN2O3S2/c1-26(23,24)21-10-6-14(7-11-21)18(22)20-9-8-17(25-13-12-20)15-4-2-3-5-16(15)19/h2-5,14,17H,6-13H2,1H3. The monoisotopic (exact) mass is 416 g/mol. The van der Waals surface area contributed by atoms with Gasteiger partial charge in [-0.05, 0) is 30.9 Å². The fraction of sp³-hybridized carbons (Fsp3) is 0.611. The number of halogens is 1. The van der Waals surface area contributed by atoms with E-state index in [1.54, 1.807) is 0 Å². The van der Waals surface area contributed by atoms with Crippen molar-refractivity contribution in [3.63, 3.8) is 0 Å². The molecule has 144 valence electrons. The molecule has 2 aliphatic rings. The summed E-state index contributed by atoms with van der Waals surface area (Å²) in [5.41, 5.74) is 1.15. The van der Waals surface area contributed by atoms with Gasteiger partial charge in [-0.2, -0.15) is 11.8 Å². The Labute approximate surface area is 165 Å². The lowest BCUT2D eigenvalue weighted by molar-refractivity contribution is -0.136. The topological polar surface area (TPSA) is 57.7 Å². The smallest absolute Gasteiger partial charge is 0.225 e. The Kier molecular flexibility index (Phi) is 6.54. The van der Waals surface area contributed by atoms with Crippen molar-refractivity contribution >= 4 is 39.3 Å². The molecule has 0 bridgehead atoms. The van der Waals surface area contributed by atoms with E-state index in [0.717, 1.165) is 35.8 Å². The zero-order chi connectivity index (χ0) is 18.7. The highest BCUT2D eigenvalue weighted by atomic mass is 35.5. The van der Waals surface area contributed by atoms with E-state index in [-0.39, 0.29) is 11.8 Å². The van der Waals surface area contributed by atoms with E-state index in [0.29, 0.717) is 31.2 Å².